The average molecular weight is 403 g/mol. The maximum atomic E-state index is 13.2. The van der Waals surface area contributed by atoms with Crippen molar-refractivity contribution in [2.24, 2.45) is 5.92 Å². The summed E-state index contributed by atoms with van der Waals surface area (Å²) < 4.78 is 41.9. The molecule has 1 amide bonds. The van der Waals surface area contributed by atoms with Crippen LogP contribution in [0.3, 0.4) is 0 Å². The summed E-state index contributed by atoms with van der Waals surface area (Å²) in [6.07, 6.45) is -0.541. The lowest BCUT2D eigenvalue weighted by Crippen LogP contribution is -2.16. The van der Waals surface area contributed by atoms with E-state index in [1.165, 1.54) is 12.1 Å². The van der Waals surface area contributed by atoms with Gasteiger partial charge in [0, 0.05) is 29.7 Å². The summed E-state index contributed by atoms with van der Waals surface area (Å²) in [6, 6.07) is 12.6. The Balaban J connectivity index is 1.50. The third-order valence-electron chi connectivity index (χ3n) is 4.83. The number of carbonyl (C=O) groups excluding carboxylic acids is 1. The van der Waals surface area contributed by atoms with E-state index in [1.807, 2.05) is 6.07 Å². The van der Waals surface area contributed by atoms with E-state index in [9.17, 15) is 18.0 Å². The summed E-state index contributed by atoms with van der Waals surface area (Å²) in [5.41, 5.74) is 0.862. The van der Waals surface area contributed by atoms with Crippen LogP contribution >= 0.6 is 12.2 Å². The largest absolute Gasteiger partial charge is 0.416 e. The van der Waals surface area contributed by atoms with Crippen LogP contribution in [0, 0.1) is 10.7 Å². The topological polar surface area (TPSA) is 49.8 Å². The fraction of sp³-hybridized carbons (Fsp3) is 0.200. The lowest BCUT2D eigenvalue weighted by Gasteiger charge is -2.12. The lowest BCUT2D eigenvalue weighted by molar-refractivity contribution is -0.138. The SMILES string of the molecule is O=C(Nc1cccc(-n2cc[nH]c2=S)c1)[C@H]1C[C@H]1c1ccccc1C(F)(F)F. The van der Waals surface area contributed by atoms with Crippen LogP contribution in [0.5, 0.6) is 0 Å². The minimum Gasteiger partial charge on any atom is -0.337 e. The van der Waals surface area contributed by atoms with Crippen molar-refractivity contribution in [1.82, 2.24) is 9.55 Å². The standard InChI is InChI=1S/C20H16F3N3OS/c21-20(22,23)17-7-2-1-6-14(17)15-11-16(15)18(27)25-12-4-3-5-13(10-12)26-9-8-24-19(26)28/h1-10,15-16H,11H2,(H,24,28)(H,25,27)/t15-,16-/m0/s1. The fourth-order valence-corrected chi connectivity index (χ4v) is 3.63. The van der Waals surface area contributed by atoms with E-state index in [4.69, 9.17) is 12.2 Å². The zero-order valence-electron chi connectivity index (χ0n) is 14.5. The Labute approximate surface area is 164 Å². The molecule has 1 aromatic heterocycles. The molecule has 0 radical (unpaired) electrons. The number of nitrogens with one attached hydrogen (secondary N) is 2. The van der Waals surface area contributed by atoms with Gasteiger partial charge in [-0.2, -0.15) is 13.2 Å². The predicted octanol–water partition coefficient (Wildman–Crippen LogP) is 5.30. The number of aromatic amines is 1. The Morgan fingerprint density at radius 2 is 1.96 bits per heavy atom. The smallest absolute Gasteiger partial charge is 0.337 e. The van der Waals surface area contributed by atoms with Gasteiger partial charge in [-0.1, -0.05) is 24.3 Å². The number of benzene rings is 2. The molecule has 2 N–H and O–H groups in total. The van der Waals surface area contributed by atoms with Crippen molar-refractivity contribution in [3.05, 3.63) is 76.8 Å². The maximum absolute atomic E-state index is 13.2. The number of halogens is 3. The zero-order chi connectivity index (χ0) is 19.9. The normalized spacial score (nSPS) is 18.7. The molecule has 0 spiro atoms. The molecule has 0 bridgehead atoms. The van der Waals surface area contributed by atoms with Crippen molar-refractivity contribution < 1.29 is 18.0 Å². The highest BCUT2D eigenvalue weighted by atomic mass is 32.1. The quantitative estimate of drug-likeness (QED) is 0.581. The second-order valence-corrected chi connectivity index (χ2v) is 7.10. The second kappa shape index (κ2) is 6.94. The highest BCUT2D eigenvalue weighted by Crippen LogP contribution is 2.51. The Hall–Kier alpha value is -2.87. The van der Waals surface area contributed by atoms with Gasteiger partial charge in [0.1, 0.15) is 0 Å². The van der Waals surface area contributed by atoms with Gasteiger partial charge in [0.15, 0.2) is 4.77 Å². The Kier molecular flexibility index (Phi) is 4.58. The summed E-state index contributed by atoms with van der Waals surface area (Å²) in [5.74, 6) is -1.17. The van der Waals surface area contributed by atoms with Crippen molar-refractivity contribution in [1.29, 1.82) is 0 Å². The van der Waals surface area contributed by atoms with Crippen LogP contribution in [0.1, 0.15) is 23.5 Å². The monoisotopic (exact) mass is 403 g/mol. The van der Waals surface area contributed by atoms with Gasteiger partial charge >= 0.3 is 6.18 Å². The summed E-state index contributed by atoms with van der Waals surface area (Å²) in [7, 11) is 0. The van der Waals surface area contributed by atoms with Crippen molar-refractivity contribution in [3.8, 4) is 5.69 Å². The molecule has 144 valence electrons. The number of hydrogen-bond acceptors (Lipinski definition) is 2. The molecule has 8 heteroatoms. The van der Waals surface area contributed by atoms with E-state index in [-0.39, 0.29) is 11.5 Å². The molecular weight excluding hydrogens is 387 g/mol. The summed E-state index contributed by atoms with van der Waals surface area (Å²) in [6.45, 7) is 0. The van der Waals surface area contributed by atoms with Crippen LogP contribution in [0.25, 0.3) is 5.69 Å². The molecule has 0 unspecified atom stereocenters. The molecule has 2 atom stereocenters. The van der Waals surface area contributed by atoms with E-state index >= 15 is 0 Å². The number of hydrogen-bond donors (Lipinski definition) is 2. The van der Waals surface area contributed by atoms with Gasteiger partial charge in [-0.15, -0.1) is 0 Å². The number of carbonyl (C=O) groups is 1. The van der Waals surface area contributed by atoms with Crippen LogP contribution in [0.4, 0.5) is 18.9 Å². The van der Waals surface area contributed by atoms with Crippen LogP contribution in [0.15, 0.2) is 60.9 Å². The van der Waals surface area contributed by atoms with E-state index in [2.05, 4.69) is 10.3 Å². The van der Waals surface area contributed by atoms with E-state index in [0.717, 1.165) is 11.8 Å². The van der Waals surface area contributed by atoms with Crippen LogP contribution in [-0.2, 0) is 11.0 Å². The van der Waals surface area contributed by atoms with Crippen LogP contribution < -0.4 is 5.32 Å². The summed E-state index contributed by atoms with van der Waals surface area (Å²) in [5, 5.41) is 2.81. The predicted molar refractivity (Wildman–Crippen MR) is 102 cm³/mol. The number of anilines is 1. The molecule has 1 aliphatic carbocycles. The number of imidazole rings is 1. The van der Waals surface area contributed by atoms with Crippen molar-refractivity contribution >= 4 is 23.8 Å². The van der Waals surface area contributed by atoms with E-state index < -0.39 is 23.6 Å². The van der Waals surface area contributed by atoms with Gasteiger partial charge in [-0.25, -0.2) is 0 Å². The minimum absolute atomic E-state index is 0.183. The first-order chi connectivity index (χ1) is 13.3. The third-order valence-corrected chi connectivity index (χ3v) is 5.15. The molecule has 28 heavy (non-hydrogen) atoms. The van der Waals surface area contributed by atoms with Crippen LogP contribution in [-0.4, -0.2) is 15.5 Å². The first kappa shape index (κ1) is 18.5. The molecule has 3 aromatic rings. The van der Waals surface area contributed by atoms with Gasteiger partial charge in [-0.05, 0) is 54.4 Å². The third kappa shape index (κ3) is 3.60. The highest BCUT2D eigenvalue weighted by molar-refractivity contribution is 7.71. The lowest BCUT2D eigenvalue weighted by atomic mass is 10.0. The number of amides is 1. The first-order valence-corrected chi connectivity index (χ1v) is 9.09. The number of rotatable bonds is 4. The highest BCUT2D eigenvalue weighted by Gasteiger charge is 2.47. The Morgan fingerprint density at radius 3 is 2.68 bits per heavy atom. The molecule has 4 nitrogen and oxygen atoms in total. The van der Waals surface area contributed by atoms with Gasteiger partial charge in [0.25, 0.3) is 0 Å². The zero-order valence-corrected chi connectivity index (χ0v) is 15.3. The fourth-order valence-electron chi connectivity index (χ4n) is 3.40. The molecule has 4 rings (SSSR count). The van der Waals surface area contributed by atoms with Gasteiger partial charge in [0.05, 0.1) is 5.56 Å². The van der Waals surface area contributed by atoms with Gasteiger partial charge < -0.3 is 10.3 Å². The Morgan fingerprint density at radius 1 is 1.18 bits per heavy atom. The average Bonchev–Trinajstić information content (AvgIpc) is 3.35. The molecule has 1 heterocycles. The number of alkyl halides is 3. The minimum atomic E-state index is -4.43. The molecule has 0 saturated heterocycles. The molecule has 1 saturated carbocycles. The van der Waals surface area contributed by atoms with Gasteiger partial charge in [0.2, 0.25) is 5.91 Å². The van der Waals surface area contributed by atoms with Crippen molar-refractivity contribution in [2.75, 3.05) is 5.32 Å². The Bertz CT molecular complexity index is 1090. The molecule has 2 aromatic carbocycles. The number of aromatic nitrogens is 2. The number of H-pyrrole nitrogens is 1. The van der Waals surface area contributed by atoms with Crippen molar-refractivity contribution in [2.45, 2.75) is 18.5 Å². The van der Waals surface area contributed by atoms with E-state index in [0.29, 0.717) is 16.9 Å². The molecule has 1 fully saturated rings. The summed E-state index contributed by atoms with van der Waals surface area (Å²) >= 11 is 5.19. The van der Waals surface area contributed by atoms with E-state index in [1.54, 1.807) is 41.2 Å². The molecule has 0 aliphatic heterocycles. The maximum Gasteiger partial charge on any atom is 0.416 e. The summed E-state index contributed by atoms with van der Waals surface area (Å²) in [4.78, 5) is 15.5. The van der Waals surface area contributed by atoms with Gasteiger partial charge in [-0.3, -0.25) is 9.36 Å². The van der Waals surface area contributed by atoms with Crippen LogP contribution in [0.2, 0.25) is 0 Å². The second-order valence-electron chi connectivity index (χ2n) is 6.71. The molecular formula is C20H16F3N3OS. The number of nitrogens with zero attached hydrogens (tertiary/aromatic N) is 1. The van der Waals surface area contributed by atoms with Crippen molar-refractivity contribution in [3.63, 3.8) is 0 Å². The molecule has 1 aliphatic rings. The first-order valence-electron chi connectivity index (χ1n) is 8.68.